The van der Waals surface area contributed by atoms with Crippen molar-refractivity contribution in [1.29, 1.82) is 0 Å². The van der Waals surface area contributed by atoms with Gasteiger partial charge in [0.2, 0.25) is 0 Å². The molecule has 7 aromatic carbocycles. The average Bonchev–Trinajstić information content (AvgIpc) is 3.68. The summed E-state index contributed by atoms with van der Waals surface area (Å²) in [7, 11) is 0. The quantitative estimate of drug-likeness (QED) is 0.123. The molecule has 3 aromatic heterocycles. The Balaban J connectivity index is 0.000000279. The molecule has 0 atom stereocenters. The van der Waals surface area contributed by atoms with E-state index in [1.54, 1.807) is 24.4 Å². The molecule has 0 bridgehead atoms. The fraction of sp³-hybridized carbons (Fsp3) is 0.127. The molecular weight excluding hydrogens is 954 g/mol. The van der Waals surface area contributed by atoms with Crippen LogP contribution in [-0.4, -0.2) is 9.97 Å². The SMILES string of the molecule is FC(F)(F)c1c[c-]c(-c2ccccn2)cc1.[2H]C(C)(C)c1cc2c(ccc3ccccc32)c(C([2H])(C)C)c1-c1ccnc(-c2[c-]ccc3c2oc2c(-c4ccccc4)cccc23)c1.[Ir]. The molecule has 10 rings (SSSR count). The summed E-state index contributed by atoms with van der Waals surface area (Å²) in [6.07, 6.45) is -0.915. The molecule has 10 aromatic rings. The second-order valence-corrected chi connectivity index (χ2v) is 15.4. The van der Waals surface area contributed by atoms with Crippen molar-refractivity contribution in [3.63, 3.8) is 0 Å². The van der Waals surface area contributed by atoms with E-state index < -0.39 is 23.5 Å². The molecule has 0 spiro atoms. The number of hydrogen-bond acceptors (Lipinski definition) is 3. The van der Waals surface area contributed by atoms with Crippen LogP contribution < -0.4 is 0 Å². The van der Waals surface area contributed by atoms with Gasteiger partial charge in [0.1, 0.15) is 5.58 Å². The zero-order valence-corrected chi connectivity index (χ0v) is 36.8. The number of rotatable bonds is 6. The number of furan rings is 1. The number of hydrogen-bond donors (Lipinski definition) is 0. The van der Waals surface area contributed by atoms with Crippen molar-refractivity contribution < 1.29 is 40.4 Å². The summed E-state index contributed by atoms with van der Waals surface area (Å²) in [6, 6.07) is 54.0. The Morgan fingerprint density at radius 3 is 2.06 bits per heavy atom. The Morgan fingerprint density at radius 2 is 1.34 bits per heavy atom. The molecule has 0 aliphatic carbocycles. The van der Waals surface area contributed by atoms with Crippen molar-refractivity contribution >= 4 is 43.5 Å². The van der Waals surface area contributed by atoms with E-state index in [0.29, 0.717) is 11.3 Å². The number of alkyl halides is 3. The zero-order chi connectivity index (χ0) is 44.1. The van der Waals surface area contributed by atoms with Gasteiger partial charge in [-0.1, -0.05) is 142 Å². The Hall–Kier alpha value is -6.40. The summed E-state index contributed by atoms with van der Waals surface area (Å²) in [5, 5.41) is 6.43. The van der Waals surface area contributed by atoms with Crippen LogP contribution >= 0.6 is 0 Å². The predicted molar refractivity (Wildman–Crippen MR) is 243 cm³/mol. The average molecular weight is 997 g/mol. The fourth-order valence-corrected chi connectivity index (χ4v) is 8.17. The van der Waals surface area contributed by atoms with Gasteiger partial charge < -0.3 is 14.4 Å². The Labute approximate surface area is 375 Å². The monoisotopic (exact) mass is 997 g/mol. The van der Waals surface area contributed by atoms with Gasteiger partial charge in [0.05, 0.1) is 5.58 Å². The van der Waals surface area contributed by atoms with Crippen LogP contribution in [0.5, 0.6) is 0 Å². The van der Waals surface area contributed by atoms with E-state index in [-0.39, 0.29) is 20.1 Å². The summed E-state index contributed by atoms with van der Waals surface area (Å²) >= 11 is 0. The van der Waals surface area contributed by atoms with Gasteiger partial charge in [-0.25, -0.2) is 0 Å². The zero-order valence-electron chi connectivity index (χ0n) is 36.4. The largest absolute Gasteiger partial charge is 0.500 e. The molecule has 3 heterocycles. The minimum Gasteiger partial charge on any atom is -0.500 e. The number of aromatic nitrogens is 2. The molecule has 0 amide bonds. The molecule has 7 heteroatoms. The van der Waals surface area contributed by atoms with E-state index in [1.165, 1.54) is 6.07 Å². The first-order valence-corrected chi connectivity index (χ1v) is 20.0. The summed E-state index contributed by atoms with van der Waals surface area (Å²) in [5.41, 5.74) is 9.31. The molecule has 309 valence electrons. The fourth-order valence-electron chi connectivity index (χ4n) is 8.17. The van der Waals surface area contributed by atoms with Crippen LogP contribution in [0.2, 0.25) is 0 Å². The van der Waals surface area contributed by atoms with E-state index in [0.717, 1.165) is 100 Å². The number of benzene rings is 7. The Kier molecular flexibility index (Phi) is 11.2. The third kappa shape index (κ3) is 8.07. The molecule has 0 fully saturated rings. The maximum Gasteiger partial charge on any atom is 0.381 e. The van der Waals surface area contributed by atoms with Crippen molar-refractivity contribution in [3.05, 3.63) is 193 Å². The third-order valence-electron chi connectivity index (χ3n) is 11.0. The van der Waals surface area contributed by atoms with E-state index >= 15 is 0 Å². The molecule has 3 nitrogen and oxygen atoms in total. The van der Waals surface area contributed by atoms with Crippen LogP contribution in [-0.2, 0) is 26.3 Å². The second-order valence-electron chi connectivity index (χ2n) is 15.4. The first-order valence-electron chi connectivity index (χ1n) is 21.0. The van der Waals surface area contributed by atoms with Crippen molar-refractivity contribution in [3.8, 4) is 44.8 Å². The van der Waals surface area contributed by atoms with Gasteiger partial charge in [-0.2, -0.15) is 13.2 Å². The standard InChI is InChI=1S/C43H34NO.C12H7F3N.Ir/c1-26(2)37-25-38-31-15-9-8-14-29(31)20-21-33(38)40(27(3)4)41(37)30-22-23-44-39(24-30)36-19-11-18-35-34-17-10-16-32(42(34)45-43(35)36)28-12-6-5-7-13-28;13-12(14,15)10-6-4-9(5-7-10)11-3-1-2-8-16-11;/h5-18,20-27H,1-4H3;1-4,6-8H;/q2*-1;/i26D,27D;;. The second kappa shape index (κ2) is 17.5. The van der Waals surface area contributed by atoms with Crippen molar-refractivity contribution in [2.75, 3.05) is 0 Å². The number of fused-ring (bicyclic) bond motifs is 6. The van der Waals surface area contributed by atoms with Gasteiger partial charge in [-0.15, -0.1) is 48.0 Å². The number of para-hydroxylation sites is 1. The summed E-state index contributed by atoms with van der Waals surface area (Å²) in [6.45, 7) is 7.74. The normalized spacial score (nSPS) is 12.4. The van der Waals surface area contributed by atoms with Crippen LogP contribution in [0.3, 0.4) is 0 Å². The van der Waals surface area contributed by atoms with Crippen molar-refractivity contribution in [2.45, 2.75) is 45.7 Å². The van der Waals surface area contributed by atoms with Crippen LogP contribution in [0.4, 0.5) is 13.2 Å². The maximum atomic E-state index is 12.3. The summed E-state index contributed by atoms with van der Waals surface area (Å²) in [5.74, 6) is -1.87. The van der Waals surface area contributed by atoms with Gasteiger partial charge in [0.25, 0.3) is 0 Å². The van der Waals surface area contributed by atoms with Gasteiger partial charge in [-0.3, -0.25) is 0 Å². The van der Waals surface area contributed by atoms with Gasteiger partial charge in [0.15, 0.2) is 0 Å². The van der Waals surface area contributed by atoms with E-state index in [4.69, 9.17) is 9.40 Å². The minimum absolute atomic E-state index is 0. The summed E-state index contributed by atoms with van der Waals surface area (Å²) < 4.78 is 62.3. The van der Waals surface area contributed by atoms with Gasteiger partial charge in [0, 0.05) is 46.2 Å². The van der Waals surface area contributed by atoms with Crippen LogP contribution in [0.25, 0.3) is 88.3 Å². The molecule has 0 saturated heterocycles. The summed E-state index contributed by atoms with van der Waals surface area (Å²) in [4.78, 5) is 8.87. The Bertz CT molecular complexity index is 3280. The van der Waals surface area contributed by atoms with Crippen molar-refractivity contribution in [1.82, 2.24) is 9.97 Å². The first-order chi connectivity index (χ1) is 30.2. The molecule has 1 radical (unpaired) electrons. The molecule has 62 heavy (non-hydrogen) atoms. The molecule has 0 aliphatic rings. The predicted octanol–water partition coefficient (Wildman–Crippen LogP) is 15.9. The van der Waals surface area contributed by atoms with Crippen molar-refractivity contribution in [2.24, 2.45) is 0 Å². The van der Waals surface area contributed by atoms with Gasteiger partial charge in [-0.05, 0) is 96.3 Å². The number of halogens is 3. The maximum absolute atomic E-state index is 12.3. The van der Waals surface area contributed by atoms with Crippen LogP contribution in [0, 0.1) is 12.1 Å². The molecule has 0 saturated carbocycles. The molecule has 0 unspecified atom stereocenters. The third-order valence-corrected chi connectivity index (χ3v) is 11.0. The Morgan fingerprint density at radius 1 is 0.597 bits per heavy atom. The van der Waals surface area contributed by atoms with Crippen LogP contribution in [0.1, 0.15) is 58.9 Å². The smallest absolute Gasteiger partial charge is 0.381 e. The van der Waals surface area contributed by atoms with E-state index in [9.17, 15) is 15.9 Å². The number of nitrogens with zero attached hydrogens (tertiary/aromatic N) is 2. The molecule has 0 aliphatic heterocycles. The minimum atomic E-state index is -4.32. The number of pyridine rings is 2. The topological polar surface area (TPSA) is 38.9 Å². The first kappa shape index (κ1) is 39.7. The molecular formula is C55H41F3IrN2O-2. The van der Waals surface area contributed by atoms with Crippen LogP contribution in [0.15, 0.2) is 168 Å². The van der Waals surface area contributed by atoms with E-state index in [1.807, 2.05) is 70.3 Å². The molecule has 0 N–H and O–H groups in total. The van der Waals surface area contributed by atoms with E-state index in [2.05, 4.69) is 96.0 Å². The van der Waals surface area contributed by atoms with Gasteiger partial charge >= 0.3 is 6.18 Å².